The van der Waals surface area contributed by atoms with Crippen molar-refractivity contribution in [1.82, 2.24) is 5.32 Å². The maximum atomic E-state index is 6.13. The summed E-state index contributed by atoms with van der Waals surface area (Å²) in [6.07, 6.45) is 5.08. The van der Waals surface area contributed by atoms with Gasteiger partial charge in [-0.05, 0) is 49.4 Å². The van der Waals surface area contributed by atoms with E-state index in [1.54, 1.807) is 0 Å². The fourth-order valence-electron chi connectivity index (χ4n) is 2.22. The van der Waals surface area contributed by atoms with E-state index in [2.05, 4.69) is 12.2 Å². The van der Waals surface area contributed by atoms with Gasteiger partial charge in [0, 0.05) is 22.1 Å². The van der Waals surface area contributed by atoms with Gasteiger partial charge >= 0.3 is 0 Å². The average molecular weight is 258 g/mol. The van der Waals surface area contributed by atoms with Crippen LogP contribution in [-0.2, 0) is 6.54 Å². The lowest BCUT2D eigenvalue weighted by Gasteiger charge is -2.42. The molecule has 1 fully saturated rings. The van der Waals surface area contributed by atoms with Gasteiger partial charge in [-0.25, -0.2) is 0 Å². The summed E-state index contributed by atoms with van der Waals surface area (Å²) in [5.41, 5.74) is 1.44. The Morgan fingerprint density at radius 3 is 2.62 bits per heavy atom. The highest BCUT2D eigenvalue weighted by molar-refractivity contribution is 6.33. The van der Waals surface area contributed by atoms with Crippen LogP contribution in [0.3, 0.4) is 0 Å². The van der Waals surface area contributed by atoms with E-state index in [-0.39, 0.29) is 0 Å². The summed E-state index contributed by atoms with van der Waals surface area (Å²) in [6.45, 7) is 3.05. The molecule has 1 aromatic carbocycles. The molecule has 1 aliphatic carbocycles. The summed E-state index contributed by atoms with van der Waals surface area (Å²) in [5.74, 6) is 0. The van der Waals surface area contributed by atoms with Gasteiger partial charge in [-0.3, -0.25) is 0 Å². The molecule has 0 radical (unpaired) electrons. The van der Waals surface area contributed by atoms with Crippen molar-refractivity contribution in [3.8, 4) is 0 Å². The Morgan fingerprint density at radius 2 is 2.06 bits per heavy atom. The van der Waals surface area contributed by atoms with E-state index < -0.39 is 0 Å². The van der Waals surface area contributed by atoms with Gasteiger partial charge in [-0.15, -0.1) is 0 Å². The van der Waals surface area contributed by atoms with Crippen LogP contribution < -0.4 is 5.32 Å². The Labute approximate surface area is 107 Å². The second-order valence-corrected chi connectivity index (χ2v) is 5.42. The van der Waals surface area contributed by atoms with Crippen LogP contribution in [0.5, 0.6) is 0 Å². The van der Waals surface area contributed by atoms with Gasteiger partial charge in [0.05, 0.1) is 0 Å². The monoisotopic (exact) mass is 257 g/mol. The number of halogens is 2. The molecule has 0 aromatic heterocycles. The zero-order valence-corrected chi connectivity index (χ0v) is 11.0. The average Bonchev–Trinajstić information content (AvgIpc) is 2.22. The second-order valence-electron chi connectivity index (χ2n) is 4.58. The van der Waals surface area contributed by atoms with Crippen LogP contribution in [0.1, 0.15) is 38.2 Å². The molecule has 0 amide bonds. The predicted molar refractivity (Wildman–Crippen MR) is 70.2 cm³/mol. The molecule has 0 saturated heterocycles. The van der Waals surface area contributed by atoms with Crippen LogP contribution >= 0.6 is 23.2 Å². The molecular weight excluding hydrogens is 241 g/mol. The lowest BCUT2D eigenvalue weighted by molar-refractivity contribution is 0.175. The second kappa shape index (κ2) is 4.95. The van der Waals surface area contributed by atoms with Crippen molar-refractivity contribution in [2.75, 3.05) is 0 Å². The Balaban J connectivity index is 2.01. The largest absolute Gasteiger partial charge is 0.307 e. The third-order valence-corrected chi connectivity index (χ3v) is 4.25. The topological polar surface area (TPSA) is 12.0 Å². The third-order valence-electron chi connectivity index (χ3n) is 3.65. The van der Waals surface area contributed by atoms with Crippen LogP contribution in [-0.4, -0.2) is 5.54 Å². The van der Waals surface area contributed by atoms with Gasteiger partial charge in [0.15, 0.2) is 0 Å². The molecule has 0 unspecified atom stereocenters. The Kier molecular flexibility index (Phi) is 3.78. The van der Waals surface area contributed by atoms with Gasteiger partial charge in [0.1, 0.15) is 0 Å². The van der Waals surface area contributed by atoms with E-state index >= 15 is 0 Å². The van der Waals surface area contributed by atoms with Crippen molar-refractivity contribution in [2.24, 2.45) is 0 Å². The highest BCUT2D eigenvalue weighted by atomic mass is 35.5. The van der Waals surface area contributed by atoms with Crippen molar-refractivity contribution in [3.63, 3.8) is 0 Å². The van der Waals surface area contributed by atoms with Crippen LogP contribution in [0.4, 0.5) is 0 Å². The standard InChI is InChI=1S/C13H17Cl2N/c1-2-13(6-3-7-13)16-9-10-8-11(14)4-5-12(10)15/h4-5,8,16H,2-3,6-7,9H2,1H3. The summed E-state index contributed by atoms with van der Waals surface area (Å²) < 4.78 is 0. The molecule has 0 spiro atoms. The minimum atomic E-state index is 0.353. The van der Waals surface area contributed by atoms with E-state index in [9.17, 15) is 0 Å². The molecule has 2 rings (SSSR count). The minimum absolute atomic E-state index is 0.353. The fourth-order valence-corrected chi connectivity index (χ4v) is 2.60. The van der Waals surface area contributed by atoms with Crippen LogP contribution in [0.15, 0.2) is 18.2 Å². The zero-order chi connectivity index (χ0) is 11.6. The summed E-state index contributed by atoms with van der Waals surface area (Å²) in [7, 11) is 0. The molecule has 0 bridgehead atoms. The molecule has 1 aromatic rings. The Hall–Kier alpha value is -0.240. The smallest absolute Gasteiger partial charge is 0.0451 e. The van der Waals surface area contributed by atoms with Gasteiger partial charge in [-0.1, -0.05) is 30.1 Å². The first-order chi connectivity index (χ1) is 7.65. The number of hydrogen-bond acceptors (Lipinski definition) is 1. The van der Waals surface area contributed by atoms with E-state index in [0.29, 0.717) is 5.54 Å². The number of rotatable bonds is 4. The first kappa shape index (κ1) is 12.2. The van der Waals surface area contributed by atoms with Gasteiger partial charge in [0.2, 0.25) is 0 Å². The molecular formula is C13H17Cl2N. The summed E-state index contributed by atoms with van der Waals surface area (Å²) in [4.78, 5) is 0. The van der Waals surface area contributed by atoms with Gasteiger partial charge in [-0.2, -0.15) is 0 Å². The minimum Gasteiger partial charge on any atom is -0.307 e. The molecule has 88 valence electrons. The highest BCUT2D eigenvalue weighted by Crippen LogP contribution is 2.35. The molecule has 0 heterocycles. The van der Waals surface area contributed by atoms with Crippen molar-refractivity contribution in [1.29, 1.82) is 0 Å². The molecule has 0 atom stereocenters. The van der Waals surface area contributed by atoms with E-state index in [1.807, 2.05) is 18.2 Å². The molecule has 1 nitrogen and oxygen atoms in total. The first-order valence-electron chi connectivity index (χ1n) is 5.84. The normalized spacial score (nSPS) is 18.2. The number of nitrogens with one attached hydrogen (secondary N) is 1. The quantitative estimate of drug-likeness (QED) is 0.843. The maximum Gasteiger partial charge on any atom is 0.0451 e. The van der Waals surface area contributed by atoms with Gasteiger partial charge in [0.25, 0.3) is 0 Å². The van der Waals surface area contributed by atoms with Crippen LogP contribution in [0, 0.1) is 0 Å². The molecule has 0 aliphatic heterocycles. The molecule has 3 heteroatoms. The van der Waals surface area contributed by atoms with E-state index in [1.165, 1.54) is 25.7 Å². The Morgan fingerprint density at radius 1 is 1.31 bits per heavy atom. The number of hydrogen-bond donors (Lipinski definition) is 1. The zero-order valence-electron chi connectivity index (χ0n) is 9.52. The van der Waals surface area contributed by atoms with Crippen molar-refractivity contribution in [2.45, 2.75) is 44.7 Å². The molecule has 1 aliphatic rings. The predicted octanol–water partition coefficient (Wildman–Crippen LogP) is 4.42. The van der Waals surface area contributed by atoms with Crippen molar-refractivity contribution >= 4 is 23.2 Å². The summed E-state index contributed by atoms with van der Waals surface area (Å²) in [5, 5.41) is 5.17. The lowest BCUT2D eigenvalue weighted by atomic mass is 9.75. The third kappa shape index (κ3) is 2.53. The highest BCUT2D eigenvalue weighted by Gasteiger charge is 2.34. The summed E-state index contributed by atoms with van der Waals surface area (Å²) >= 11 is 12.1. The van der Waals surface area contributed by atoms with E-state index in [4.69, 9.17) is 23.2 Å². The number of benzene rings is 1. The Bertz CT molecular complexity index is 367. The lowest BCUT2D eigenvalue weighted by Crippen LogP contribution is -2.49. The van der Waals surface area contributed by atoms with Crippen LogP contribution in [0.2, 0.25) is 10.0 Å². The first-order valence-corrected chi connectivity index (χ1v) is 6.60. The van der Waals surface area contributed by atoms with Gasteiger partial charge < -0.3 is 5.32 Å². The molecule has 16 heavy (non-hydrogen) atoms. The maximum absolute atomic E-state index is 6.13. The van der Waals surface area contributed by atoms with Crippen molar-refractivity contribution in [3.05, 3.63) is 33.8 Å². The van der Waals surface area contributed by atoms with E-state index in [0.717, 1.165) is 22.2 Å². The van der Waals surface area contributed by atoms with Crippen LogP contribution in [0.25, 0.3) is 0 Å². The SMILES string of the molecule is CCC1(NCc2cc(Cl)ccc2Cl)CCC1. The summed E-state index contributed by atoms with van der Waals surface area (Å²) in [6, 6.07) is 5.63. The molecule has 1 saturated carbocycles. The molecule has 1 N–H and O–H groups in total. The van der Waals surface area contributed by atoms with Crippen molar-refractivity contribution < 1.29 is 0 Å². The fraction of sp³-hybridized carbons (Fsp3) is 0.538.